The van der Waals surface area contributed by atoms with E-state index in [0.29, 0.717) is 46.8 Å². The lowest BCUT2D eigenvalue weighted by molar-refractivity contribution is -0.112. The van der Waals surface area contributed by atoms with Crippen LogP contribution in [0.3, 0.4) is 0 Å². The summed E-state index contributed by atoms with van der Waals surface area (Å²) >= 11 is 0. The lowest BCUT2D eigenvalue weighted by Crippen LogP contribution is -2.18. The van der Waals surface area contributed by atoms with Crippen LogP contribution in [0.2, 0.25) is 0 Å². The number of rotatable bonds is 6. The SMILES string of the molecule is C=C(C)C(=O)Nc1cccc(N2CCn3c2c(-c2ccc(Oc4nccc(C)n4)c(F)c2)c2c(N)ncnc23)c1F. The topological polar surface area (TPSA) is 124 Å². The molecule has 5 aromatic rings. The largest absolute Gasteiger partial charge is 0.421 e. The maximum Gasteiger partial charge on any atom is 0.322 e. The number of aryl methyl sites for hydroxylation is 1. The normalized spacial score (nSPS) is 12.4. The molecular formula is C29H24F2N8O2. The van der Waals surface area contributed by atoms with Gasteiger partial charge in [-0.2, -0.15) is 0 Å². The second-order valence-electron chi connectivity index (χ2n) is 9.56. The average Bonchev–Trinajstić information content (AvgIpc) is 3.50. The fourth-order valence-corrected chi connectivity index (χ4v) is 4.85. The standard InChI is InChI=1S/C29H24F2N8O2/c1-15(2)27(40)37-19-5-4-6-20(24(19)31)38-11-12-39-26-23(25(32)34-14-35-26)22(28(38)39)17-7-8-21(18(30)13-17)41-29-33-10-9-16(3)36-29/h4-10,13-14H,1,11-12H2,2-3H3,(H,37,40)(H2,32,34,35). The molecule has 1 aliphatic rings. The first-order valence-corrected chi connectivity index (χ1v) is 12.7. The van der Waals surface area contributed by atoms with Crippen molar-refractivity contribution in [3.8, 4) is 22.9 Å². The van der Waals surface area contributed by atoms with Crippen LogP contribution >= 0.6 is 0 Å². The minimum absolute atomic E-state index is 0.0110. The van der Waals surface area contributed by atoms with Crippen LogP contribution < -0.4 is 20.7 Å². The van der Waals surface area contributed by atoms with Crippen molar-refractivity contribution < 1.29 is 18.3 Å². The van der Waals surface area contributed by atoms with E-state index in [4.69, 9.17) is 10.5 Å². The number of nitrogens with two attached hydrogens (primary N) is 1. The lowest BCUT2D eigenvalue weighted by atomic mass is 10.0. The molecule has 0 spiro atoms. The molecule has 0 radical (unpaired) electrons. The Morgan fingerprint density at radius 2 is 1.95 bits per heavy atom. The maximum absolute atomic E-state index is 15.8. The van der Waals surface area contributed by atoms with Crippen molar-refractivity contribution in [1.29, 1.82) is 0 Å². The molecule has 2 aromatic carbocycles. The van der Waals surface area contributed by atoms with Crippen molar-refractivity contribution in [2.24, 2.45) is 0 Å². The summed E-state index contributed by atoms with van der Waals surface area (Å²) in [6.07, 6.45) is 2.88. The Bertz CT molecular complexity index is 1870. The van der Waals surface area contributed by atoms with Gasteiger partial charge in [-0.05, 0) is 49.7 Å². The molecule has 6 rings (SSSR count). The number of anilines is 4. The van der Waals surface area contributed by atoms with E-state index in [0.717, 1.165) is 0 Å². The second kappa shape index (κ2) is 9.97. The predicted molar refractivity (Wildman–Crippen MR) is 151 cm³/mol. The molecular weight excluding hydrogens is 530 g/mol. The third-order valence-corrected chi connectivity index (χ3v) is 6.74. The number of carbonyl (C=O) groups is 1. The van der Waals surface area contributed by atoms with E-state index in [-0.39, 0.29) is 34.5 Å². The Kier molecular flexibility index (Phi) is 6.29. The van der Waals surface area contributed by atoms with Crippen LogP contribution in [0.25, 0.3) is 22.2 Å². The van der Waals surface area contributed by atoms with Crippen molar-refractivity contribution in [2.45, 2.75) is 20.4 Å². The fraction of sp³-hybridized carbons (Fsp3) is 0.138. The minimum Gasteiger partial charge on any atom is -0.421 e. The van der Waals surface area contributed by atoms with Crippen molar-refractivity contribution in [3.05, 3.63) is 84.5 Å². The molecule has 1 amide bonds. The average molecular weight is 555 g/mol. The van der Waals surface area contributed by atoms with Gasteiger partial charge in [0.05, 0.1) is 16.8 Å². The fourth-order valence-electron chi connectivity index (χ4n) is 4.85. The van der Waals surface area contributed by atoms with Crippen molar-refractivity contribution in [2.75, 3.05) is 22.5 Å². The van der Waals surface area contributed by atoms with Crippen LogP contribution in [0.15, 0.2) is 67.1 Å². The highest BCUT2D eigenvalue weighted by molar-refractivity contribution is 6.08. The number of hydrogen-bond donors (Lipinski definition) is 2. The monoisotopic (exact) mass is 554 g/mol. The number of nitrogen functional groups attached to an aromatic ring is 1. The Hall–Kier alpha value is -5.39. The number of amides is 1. The Morgan fingerprint density at radius 3 is 2.71 bits per heavy atom. The van der Waals surface area contributed by atoms with E-state index in [1.807, 2.05) is 4.57 Å². The number of carbonyl (C=O) groups excluding carboxylic acids is 1. The van der Waals surface area contributed by atoms with Gasteiger partial charge in [0.1, 0.15) is 23.6 Å². The minimum atomic E-state index is -0.656. The van der Waals surface area contributed by atoms with Gasteiger partial charge in [-0.3, -0.25) is 4.79 Å². The number of nitrogens with one attached hydrogen (secondary N) is 1. The van der Waals surface area contributed by atoms with Gasteiger partial charge in [0.25, 0.3) is 5.91 Å². The number of aromatic nitrogens is 5. The van der Waals surface area contributed by atoms with Crippen LogP contribution in [0.4, 0.5) is 31.8 Å². The second-order valence-corrected chi connectivity index (χ2v) is 9.56. The molecule has 12 heteroatoms. The zero-order valence-corrected chi connectivity index (χ0v) is 22.2. The first-order chi connectivity index (χ1) is 19.7. The molecule has 0 bridgehead atoms. The molecule has 4 heterocycles. The molecule has 206 valence electrons. The predicted octanol–water partition coefficient (Wildman–Crippen LogP) is 5.52. The van der Waals surface area contributed by atoms with E-state index in [1.165, 1.54) is 37.6 Å². The number of ether oxygens (including phenoxy) is 1. The number of halogens is 2. The highest BCUT2D eigenvalue weighted by Crippen LogP contribution is 2.48. The van der Waals surface area contributed by atoms with Crippen LogP contribution in [0.5, 0.6) is 11.8 Å². The van der Waals surface area contributed by atoms with Gasteiger partial charge in [-0.25, -0.2) is 28.7 Å². The molecule has 3 N–H and O–H groups in total. The maximum atomic E-state index is 15.8. The van der Waals surface area contributed by atoms with Gasteiger partial charge in [0.2, 0.25) is 0 Å². The van der Waals surface area contributed by atoms with Gasteiger partial charge in [-0.15, -0.1) is 0 Å². The smallest absolute Gasteiger partial charge is 0.322 e. The first kappa shape index (κ1) is 25.9. The Labute approximate surface area is 233 Å². The van der Waals surface area contributed by atoms with Crippen LogP contribution in [-0.4, -0.2) is 37.0 Å². The Morgan fingerprint density at radius 1 is 1.12 bits per heavy atom. The quantitative estimate of drug-likeness (QED) is 0.263. The van der Waals surface area contributed by atoms with Crippen LogP contribution in [0.1, 0.15) is 12.6 Å². The molecule has 0 saturated carbocycles. The summed E-state index contributed by atoms with van der Waals surface area (Å²) in [6.45, 7) is 7.77. The Balaban J connectivity index is 1.48. The molecule has 1 aliphatic heterocycles. The van der Waals surface area contributed by atoms with E-state index in [1.54, 1.807) is 36.1 Å². The lowest BCUT2D eigenvalue weighted by Gasteiger charge is -2.22. The van der Waals surface area contributed by atoms with E-state index in [9.17, 15) is 4.79 Å². The highest BCUT2D eigenvalue weighted by atomic mass is 19.1. The summed E-state index contributed by atoms with van der Waals surface area (Å²) in [6, 6.07) is 10.9. The number of fused-ring (bicyclic) bond motifs is 3. The summed E-state index contributed by atoms with van der Waals surface area (Å²) < 4.78 is 38.7. The molecule has 0 saturated heterocycles. The van der Waals surface area contributed by atoms with Gasteiger partial charge < -0.3 is 25.3 Å². The summed E-state index contributed by atoms with van der Waals surface area (Å²) in [5.41, 5.74) is 8.99. The molecule has 41 heavy (non-hydrogen) atoms. The van der Waals surface area contributed by atoms with E-state index < -0.39 is 17.5 Å². The van der Waals surface area contributed by atoms with E-state index >= 15 is 8.78 Å². The van der Waals surface area contributed by atoms with Crippen molar-refractivity contribution in [1.82, 2.24) is 24.5 Å². The van der Waals surface area contributed by atoms with Gasteiger partial charge in [0.15, 0.2) is 17.4 Å². The molecule has 0 atom stereocenters. The van der Waals surface area contributed by atoms with Gasteiger partial charge in [0, 0.05) is 36.1 Å². The summed E-state index contributed by atoms with van der Waals surface area (Å²) in [7, 11) is 0. The number of benzene rings is 2. The summed E-state index contributed by atoms with van der Waals surface area (Å²) in [4.78, 5) is 30.7. The zero-order chi connectivity index (χ0) is 28.8. The third-order valence-electron chi connectivity index (χ3n) is 6.74. The molecule has 0 unspecified atom stereocenters. The van der Waals surface area contributed by atoms with Crippen LogP contribution in [-0.2, 0) is 11.3 Å². The van der Waals surface area contributed by atoms with E-state index in [2.05, 4.69) is 31.8 Å². The molecule has 0 fully saturated rings. The number of nitrogens with zero attached hydrogens (tertiary/aromatic N) is 6. The van der Waals surface area contributed by atoms with Crippen molar-refractivity contribution >= 4 is 40.0 Å². The summed E-state index contributed by atoms with van der Waals surface area (Å²) in [5, 5.41) is 3.06. The highest BCUT2D eigenvalue weighted by Gasteiger charge is 2.33. The first-order valence-electron chi connectivity index (χ1n) is 12.7. The number of hydrogen-bond acceptors (Lipinski definition) is 8. The molecule has 3 aromatic heterocycles. The van der Waals surface area contributed by atoms with Crippen molar-refractivity contribution in [3.63, 3.8) is 0 Å². The van der Waals surface area contributed by atoms with Crippen LogP contribution in [0, 0.1) is 18.6 Å². The zero-order valence-electron chi connectivity index (χ0n) is 22.2. The molecule has 0 aliphatic carbocycles. The third kappa shape index (κ3) is 4.48. The summed E-state index contributed by atoms with van der Waals surface area (Å²) in [5.74, 6) is -1.08. The molecule has 10 nitrogen and oxygen atoms in total. The van der Waals surface area contributed by atoms with Gasteiger partial charge >= 0.3 is 6.01 Å². The van der Waals surface area contributed by atoms with Gasteiger partial charge in [-0.1, -0.05) is 18.7 Å².